The highest BCUT2D eigenvalue weighted by Crippen LogP contribution is 2.25. The van der Waals surface area contributed by atoms with Gasteiger partial charge < -0.3 is 9.84 Å². The Bertz CT molecular complexity index is 442. The number of amides is 1. The van der Waals surface area contributed by atoms with Crippen molar-refractivity contribution in [3.8, 4) is 11.5 Å². The van der Waals surface area contributed by atoms with Gasteiger partial charge >= 0.3 is 0 Å². The van der Waals surface area contributed by atoms with Crippen LogP contribution in [0.3, 0.4) is 0 Å². The fourth-order valence-electron chi connectivity index (χ4n) is 1.38. The maximum Gasteiger partial charge on any atom is 0.240 e. The summed E-state index contributed by atoms with van der Waals surface area (Å²) in [6, 6.07) is 4.88. The normalized spacial score (nSPS) is 10.9. The van der Waals surface area contributed by atoms with Gasteiger partial charge in [-0.1, -0.05) is 13.8 Å². The van der Waals surface area contributed by atoms with Gasteiger partial charge in [-0.2, -0.15) is 5.10 Å². The maximum absolute atomic E-state index is 11.3. The fraction of sp³-hybridized carbons (Fsp3) is 0.385. The average molecular weight is 250 g/mol. The Hall–Kier alpha value is -2.04. The van der Waals surface area contributed by atoms with Crippen molar-refractivity contribution in [2.45, 2.75) is 20.3 Å². The first kappa shape index (κ1) is 14.0. The molecule has 0 atom stereocenters. The number of hydrogen-bond donors (Lipinski definition) is 2. The van der Waals surface area contributed by atoms with Gasteiger partial charge in [-0.3, -0.25) is 4.79 Å². The van der Waals surface area contributed by atoms with E-state index in [2.05, 4.69) is 10.5 Å². The molecule has 0 saturated heterocycles. The lowest BCUT2D eigenvalue weighted by molar-refractivity contribution is -0.121. The zero-order valence-corrected chi connectivity index (χ0v) is 10.8. The number of carbonyl (C=O) groups excluding carboxylic acids is 1. The molecule has 0 heterocycles. The number of hydrogen-bond acceptors (Lipinski definition) is 4. The molecule has 5 nitrogen and oxygen atoms in total. The Kier molecular flexibility index (Phi) is 5.17. The van der Waals surface area contributed by atoms with Gasteiger partial charge in [-0.25, -0.2) is 5.43 Å². The number of nitrogens with one attached hydrogen (secondary N) is 1. The van der Waals surface area contributed by atoms with E-state index in [4.69, 9.17) is 4.74 Å². The van der Waals surface area contributed by atoms with Crippen molar-refractivity contribution in [1.82, 2.24) is 5.43 Å². The maximum atomic E-state index is 11.3. The van der Waals surface area contributed by atoms with E-state index in [1.165, 1.54) is 19.4 Å². The van der Waals surface area contributed by atoms with Crippen LogP contribution in [0.1, 0.15) is 25.8 Å². The summed E-state index contributed by atoms with van der Waals surface area (Å²) in [4.78, 5) is 11.3. The second kappa shape index (κ2) is 6.64. The number of phenols is 1. The van der Waals surface area contributed by atoms with Gasteiger partial charge in [0, 0.05) is 6.42 Å². The molecular formula is C13H18N2O3. The molecule has 0 fully saturated rings. The van der Waals surface area contributed by atoms with Crippen LogP contribution in [0.2, 0.25) is 0 Å². The minimum absolute atomic E-state index is 0.0370. The monoisotopic (exact) mass is 250 g/mol. The molecule has 0 aliphatic carbocycles. The van der Waals surface area contributed by atoms with Gasteiger partial charge in [-0.05, 0) is 29.7 Å². The molecule has 0 aromatic heterocycles. The van der Waals surface area contributed by atoms with Crippen molar-refractivity contribution in [2.24, 2.45) is 11.0 Å². The van der Waals surface area contributed by atoms with Gasteiger partial charge in [0.2, 0.25) is 5.91 Å². The van der Waals surface area contributed by atoms with Crippen LogP contribution >= 0.6 is 0 Å². The van der Waals surface area contributed by atoms with Crippen LogP contribution in [-0.4, -0.2) is 24.3 Å². The molecule has 98 valence electrons. The largest absolute Gasteiger partial charge is 0.504 e. The summed E-state index contributed by atoms with van der Waals surface area (Å²) in [7, 11) is 1.48. The molecule has 0 spiro atoms. The van der Waals surface area contributed by atoms with E-state index in [1.807, 2.05) is 13.8 Å². The molecule has 0 bridgehead atoms. The van der Waals surface area contributed by atoms with Gasteiger partial charge in [-0.15, -0.1) is 0 Å². The SMILES string of the molecule is COc1ccc(C=NNC(=O)CC(C)C)cc1O. The molecule has 1 aromatic carbocycles. The van der Waals surface area contributed by atoms with Crippen molar-refractivity contribution in [2.75, 3.05) is 7.11 Å². The Morgan fingerprint density at radius 2 is 2.28 bits per heavy atom. The Morgan fingerprint density at radius 1 is 1.56 bits per heavy atom. The van der Waals surface area contributed by atoms with Gasteiger partial charge in [0.25, 0.3) is 0 Å². The molecule has 1 amide bonds. The highest BCUT2D eigenvalue weighted by atomic mass is 16.5. The number of aromatic hydroxyl groups is 1. The van der Waals surface area contributed by atoms with E-state index >= 15 is 0 Å². The lowest BCUT2D eigenvalue weighted by atomic mass is 10.1. The molecule has 1 aromatic rings. The third-order valence-electron chi connectivity index (χ3n) is 2.20. The van der Waals surface area contributed by atoms with Crippen LogP contribution in [0, 0.1) is 5.92 Å². The summed E-state index contributed by atoms with van der Waals surface area (Å²) in [5.41, 5.74) is 3.11. The molecule has 0 aliphatic heterocycles. The molecule has 5 heteroatoms. The third kappa shape index (κ3) is 4.45. The highest BCUT2D eigenvalue weighted by molar-refractivity contribution is 5.83. The second-order valence-corrected chi connectivity index (χ2v) is 4.32. The van der Waals surface area contributed by atoms with Crippen molar-refractivity contribution in [3.63, 3.8) is 0 Å². The first-order valence-electron chi connectivity index (χ1n) is 5.72. The van der Waals surface area contributed by atoms with Crippen LogP contribution in [-0.2, 0) is 4.79 Å². The molecule has 1 rings (SSSR count). The predicted octanol–water partition coefficient (Wildman–Crippen LogP) is 1.90. The number of methoxy groups -OCH3 is 1. The Labute approximate surface area is 106 Å². The quantitative estimate of drug-likeness (QED) is 0.619. The number of nitrogens with zero attached hydrogens (tertiary/aromatic N) is 1. The Morgan fingerprint density at radius 3 is 2.83 bits per heavy atom. The first-order valence-corrected chi connectivity index (χ1v) is 5.72. The van der Waals surface area contributed by atoms with Crippen LogP contribution in [0.4, 0.5) is 0 Å². The molecule has 0 unspecified atom stereocenters. The summed E-state index contributed by atoms with van der Waals surface area (Å²) in [6.45, 7) is 3.93. The standard InChI is InChI=1S/C13H18N2O3/c1-9(2)6-13(17)15-14-8-10-4-5-12(18-3)11(16)7-10/h4-5,7-9,16H,6H2,1-3H3,(H,15,17). The number of phenolic OH excluding ortho intramolecular Hbond substituents is 1. The summed E-state index contributed by atoms with van der Waals surface area (Å²) < 4.78 is 4.92. The van der Waals surface area contributed by atoms with E-state index < -0.39 is 0 Å². The molecule has 2 N–H and O–H groups in total. The lowest BCUT2D eigenvalue weighted by Crippen LogP contribution is -2.19. The van der Waals surface area contributed by atoms with Crippen molar-refractivity contribution in [3.05, 3.63) is 23.8 Å². The highest BCUT2D eigenvalue weighted by Gasteiger charge is 2.03. The second-order valence-electron chi connectivity index (χ2n) is 4.32. The minimum atomic E-state index is -0.126. The van der Waals surface area contributed by atoms with Crippen LogP contribution < -0.4 is 10.2 Å². The van der Waals surface area contributed by atoms with E-state index in [1.54, 1.807) is 12.1 Å². The van der Waals surface area contributed by atoms with E-state index in [9.17, 15) is 9.90 Å². The summed E-state index contributed by atoms with van der Waals surface area (Å²) in [5, 5.41) is 13.4. The summed E-state index contributed by atoms with van der Waals surface area (Å²) in [5.74, 6) is 0.607. The lowest BCUT2D eigenvalue weighted by Gasteiger charge is -2.04. The summed E-state index contributed by atoms with van der Waals surface area (Å²) in [6.07, 6.45) is 1.91. The van der Waals surface area contributed by atoms with E-state index in [0.29, 0.717) is 23.7 Å². The molecule has 0 radical (unpaired) electrons. The van der Waals surface area contributed by atoms with Crippen LogP contribution in [0.5, 0.6) is 11.5 Å². The van der Waals surface area contributed by atoms with Crippen LogP contribution in [0.25, 0.3) is 0 Å². The van der Waals surface area contributed by atoms with Crippen molar-refractivity contribution >= 4 is 12.1 Å². The van der Waals surface area contributed by atoms with Crippen molar-refractivity contribution < 1.29 is 14.6 Å². The number of rotatable bonds is 5. The average Bonchev–Trinajstić information content (AvgIpc) is 2.28. The molecular weight excluding hydrogens is 232 g/mol. The third-order valence-corrected chi connectivity index (χ3v) is 2.20. The van der Waals surface area contributed by atoms with Crippen molar-refractivity contribution in [1.29, 1.82) is 0 Å². The number of hydrazone groups is 1. The minimum Gasteiger partial charge on any atom is -0.504 e. The van der Waals surface area contributed by atoms with Gasteiger partial charge in [0.05, 0.1) is 13.3 Å². The zero-order valence-electron chi connectivity index (χ0n) is 10.8. The number of ether oxygens (including phenoxy) is 1. The Balaban J connectivity index is 2.57. The van der Waals surface area contributed by atoms with Crippen LogP contribution in [0.15, 0.2) is 23.3 Å². The zero-order chi connectivity index (χ0) is 13.5. The van der Waals surface area contributed by atoms with E-state index in [0.717, 1.165) is 0 Å². The topological polar surface area (TPSA) is 70.9 Å². The van der Waals surface area contributed by atoms with E-state index in [-0.39, 0.29) is 11.7 Å². The number of benzene rings is 1. The summed E-state index contributed by atoms with van der Waals surface area (Å²) >= 11 is 0. The number of carbonyl (C=O) groups is 1. The fourth-order valence-corrected chi connectivity index (χ4v) is 1.38. The van der Waals surface area contributed by atoms with Gasteiger partial charge in [0.15, 0.2) is 11.5 Å². The smallest absolute Gasteiger partial charge is 0.240 e. The molecule has 0 aliphatic rings. The first-order chi connectivity index (χ1) is 8.52. The predicted molar refractivity (Wildman–Crippen MR) is 69.9 cm³/mol. The molecule has 18 heavy (non-hydrogen) atoms. The molecule has 0 saturated carbocycles. The van der Waals surface area contributed by atoms with Gasteiger partial charge in [0.1, 0.15) is 0 Å².